The van der Waals surface area contributed by atoms with E-state index < -0.39 is 0 Å². The number of alkyl halides is 1. The van der Waals surface area contributed by atoms with Gasteiger partial charge in [-0.25, -0.2) is 0 Å². The third-order valence-electron chi connectivity index (χ3n) is 2.70. The molecule has 1 saturated carbocycles. The molecular formula is C10H15ClN2S. The number of thiazole rings is 1. The van der Waals surface area contributed by atoms with Gasteiger partial charge in [0.25, 0.3) is 0 Å². The summed E-state index contributed by atoms with van der Waals surface area (Å²) in [6.07, 6.45) is 6.88. The summed E-state index contributed by atoms with van der Waals surface area (Å²) in [4.78, 5) is 5.34. The third kappa shape index (κ3) is 2.69. The maximum absolute atomic E-state index is 6.25. The zero-order valence-electron chi connectivity index (χ0n) is 8.08. The van der Waals surface area contributed by atoms with Crippen molar-refractivity contribution in [1.29, 1.82) is 0 Å². The number of hydrogen-bond donors (Lipinski definition) is 1. The standard InChI is InChI=1S/C10H15ClN2S/c11-9-3-1-2-4-10(9)13-6-8-5-12-7-14-8/h5,7,9-10,13H,1-4,6H2. The molecule has 0 bridgehead atoms. The van der Waals surface area contributed by atoms with Gasteiger partial charge in [0.1, 0.15) is 0 Å². The van der Waals surface area contributed by atoms with E-state index in [4.69, 9.17) is 11.6 Å². The molecule has 0 aliphatic heterocycles. The van der Waals surface area contributed by atoms with Crippen LogP contribution in [0.25, 0.3) is 0 Å². The van der Waals surface area contributed by atoms with Crippen molar-refractivity contribution in [1.82, 2.24) is 10.3 Å². The summed E-state index contributed by atoms with van der Waals surface area (Å²) >= 11 is 7.94. The average molecular weight is 231 g/mol. The normalized spacial score (nSPS) is 27.8. The molecule has 1 aliphatic rings. The Morgan fingerprint density at radius 3 is 3.07 bits per heavy atom. The predicted molar refractivity (Wildman–Crippen MR) is 60.9 cm³/mol. The molecule has 1 aromatic heterocycles. The number of rotatable bonds is 3. The van der Waals surface area contributed by atoms with E-state index >= 15 is 0 Å². The van der Waals surface area contributed by atoms with E-state index in [0.29, 0.717) is 11.4 Å². The first-order valence-corrected chi connectivity index (χ1v) is 6.42. The van der Waals surface area contributed by atoms with E-state index in [1.54, 1.807) is 11.3 Å². The quantitative estimate of drug-likeness (QED) is 0.808. The average Bonchev–Trinajstić information content (AvgIpc) is 2.69. The van der Waals surface area contributed by atoms with E-state index in [1.165, 1.54) is 24.1 Å². The van der Waals surface area contributed by atoms with E-state index in [-0.39, 0.29) is 0 Å². The van der Waals surface area contributed by atoms with Gasteiger partial charge in [0.15, 0.2) is 0 Å². The highest BCUT2D eigenvalue weighted by atomic mass is 35.5. The van der Waals surface area contributed by atoms with Crippen LogP contribution in [-0.2, 0) is 6.54 Å². The first kappa shape index (κ1) is 10.4. The van der Waals surface area contributed by atoms with Crippen molar-refractivity contribution in [2.75, 3.05) is 0 Å². The van der Waals surface area contributed by atoms with Crippen LogP contribution in [0.1, 0.15) is 30.6 Å². The minimum atomic E-state index is 0.316. The highest BCUT2D eigenvalue weighted by Gasteiger charge is 2.22. The first-order chi connectivity index (χ1) is 6.86. The van der Waals surface area contributed by atoms with Crippen LogP contribution in [0, 0.1) is 0 Å². The van der Waals surface area contributed by atoms with Crippen LogP contribution >= 0.6 is 22.9 Å². The zero-order chi connectivity index (χ0) is 9.80. The Hall–Kier alpha value is -0.120. The molecule has 2 rings (SSSR count). The van der Waals surface area contributed by atoms with Gasteiger partial charge in [-0.3, -0.25) is 4.98 Å². The Morgan fingerprint density at radius 1 is 1.50 bits per heavy atom. The topological polar surface area (TPSA) is 24.9 Å². The van der Waals surface area contributed by atoms with Crippen molar-refractivity contribution in [3.63, 3.8) is 0 Å². The molecule has 0 saturated heterocycles. The molecule has 1 aliphatic carbocycles. The summed E-state index contributed by atoms with van der Waals surface area (Å²) in [5, 5.41) is 3.83. The molecule has 4 heteroatoms. The van der Waals surface area contributed by atoms with Gasteiger partial charge >= 0.3 is 0 Å². The number of nitrogens with one attached hydrogen (secondary N) is 1. The molecule has 0 radical (unpaired) electrons. The van der Waals surface area contributed by atoms with Crippen LogP contribution in [0.2, 0.25) is 0 Å². The Morgan fingerprint density at radius 2 is 2.36 bits per heavy atom. The molecule has 0 spiro atoms. The molecule has 2 nitrogen and oxygen atoms in total. The third-order valence-corrected chi connectivity index (χ3v) is 4.01. The Labute approximate surface area is 93.7 Å². The lowest BCUT2D eigenvalue weighted by atomic mass is 9.95. The summed E-state index contributed by atoms with van der Waals surface area (Å²) in [5.74, 6) is 0. The fourth-order valence-electron chi connectivity index (χ4n) is 1.88. The molecule has 2 unspecified atom stereocenters. The van der Waals surface area contributed by atoms with E-state index in [9.17, 15) is 0 Å². The van der Waals surface area contributed by atoms with Gasteiger partial charge in [-0.15, -0.1) is 22.9 Å². The van der Waals surface area contributed by atoms with E-state index in [2.05, 4.69) is 10.3 Å². The van der Waals surface area contributed by atoms with Gasteiger partial charge in [-0.2, -0.15) is 0 Å². The molecule has 0 amide bonds. The van der Waals surface area contributed by atoms with Gasteiger partial charge in [0.05, 0.1) is 5.51 Å². The maximum Gasteiger partial charge on any atom is 0.0794 e. The molecule has 0 aromatic carbocycles. The number of nitrogens with zero attached hydrogens (tertiary/aromatic N) is 1. The van der Waals surface area contributed by atoms with Gasteiger partial charge in [0.2, 0.25) is 0 Å². The lowest BCUT2D eigenvalue weighted by Crippen LogP contribution is -2.38. The molecule has 1 aromatic rings. The fraction of sp³-hybridized carbons (Fsp3) is 0.700. The molecule has 1 N–H and O–H groups in total. The van der Waals surface area contributed by atoms with Crippen molar-refractivity contribution in [3.8, 4) is 0 Å². The number of halogens is 1. The molecule has 78 valence electrons. The van der Waals surface area contributed by atoms with Crippen molar-refractivity contribution in [2.24, 2.45) is 0 Å². The number of hydrogen-bond acceptors (Lipinski definition) is 3. The van der Waals surface area contributed by atoms with Crippen LogP contribution in [0.15, 0.2) is 11.7 Å². The summed E-state index contributed by atoms with van der Waals surface area (Å²) in [7, 11) is 0. The first-order valence-electron chi connectivity index (χ1n) is 5.11. The Balaban J connectivity index is 1.79. The summed E-state index contributed by atoms with van der Waals surface area (Å²) in [6, 6.07) is 0.493. The predicted octanol–water partition coefficient (Wildman–Crippen LogP) is 2.78. The maximum atomic E-state index is 6.25. The van der Waals surface area contributed by atoms with Crippen molar-refractivity contribution >= 4 is 22.9 Å². The van der Waals surface area contributed by atoms with Crippen LogP contribution in [0.5, 0.6) is 0 Å². The lowest BCUT2D eigenvalue weighted by molar-refractivity contribution is 0.379. The smallest absolute Gasteiger partial charge is 0.0794 e. The molecular weight excluding hydrogens is 216 g/mol. The SMILES string of the molecule is ClC1CCCCC1NCc1cncs1. The van der Waals surface area contributed by atoms with Gasteiger partial charge in [-0.1, -0.05) is 12.8 Å². The second-order valence-corrected chi connectivity index (χ2v) is 5.29. The van der Waals surface area contributed by atoms with E-state index in [0.717, 1.165) is 13.0 Å². The molecule has 2 atom stereocenters. The Kier molecular flexibility index (Phi) is 3.79. The van der Waals surface area contributed by atoms with Crippen molar-refractivity contribution < 1.29 is 0 Å². The largest absolute Gasteiger partial charge is 0.308 e. The second-order valence-electron chi connectivity index (χ2n) is 3.76. The molecule has 1 fully saturated rings. The van der Waals surface area contributed by atoms with E-state index in [1.807, 2.05) is 11.7 Å². The second kappa shape index (κ2) is 5.10. The Bertz CT molecular complexity index is 263. The minimum absolute atomic E-state index is 0.316. The van der Waals surface area contributed by atoms with Gasteiger partial charge in [0, 0.05) is 29.0 Å². The van der Waals surface area contributed by atoms with Gasteiger partial charge in [-0.05, 0) is 12.8 Å². The minimum Gasteiger partial charge on any atom is -0.308 e. The zero-order valence-corrected chi connectivity index (χ0v) is 9.65. The van der Waals surface area contributed by atoms with Crippen molar-refractivity contribution in [3.05, 3.63) is 16.6 Å². The number of aromatic nitrogens is 1. The van der Waals surface area contributed by atoms with Gasteiger partial charge < -0.3 is 5.32 Å². The van der Waals surface area contributed by atoms with Crippen LogP contribution < -0.4 is 5.32 Å². The van der Waals surface area contributed by atoms with Crippen LogP contribution in [0.4, 0.5) is 0 Å². The summed E-state index contributed by atoms with van der Waals surface area (Å²) in [5.41, 5.74) is 1.87. The van der Waals surface area contributed by atoms with Crippen LogP contribution in [-0.4, -0.2) is 16.4 Å². The lowest BCUT2D eigenvalue weighted by Gasteiger charge is -2.27. The molecule has 14 heavy (non-hydrogen) atoms. The summed E-state index contributed by atoms with van der Waals surface area (Å²) < 4.78 is 0. The summed E-state index contributed by atoms with van der Waals surface area (Å²) in [6.45, 7) is 0.915. The molecule has 1 heterocycles. The highest BCUT2D eigenvalue weighted by molar-refractivity contribution is 7.09. The van der Waals surface area contributed by atoms with Crippen LogP contribution in [0.3, 0.4) is 0 Å². The monoisotopic (exact) mass is 230 g/mol. The fourth-order valence-corrected chi connectivity index (χ4v) is 2.79. The van der Waals surface area contributed by atoms with Crippen molar-refractivity contribution in [2.45, 2.75) is 43.6 Å². The highest BCUT2D eigenvalue weighted by Crippen LogP contribution is 2.23.